The maximum absolute atomic E-state index is 12.1. The number of carbonyl (C=O) groups excluding carboxylic acids is 2. The van der Waals surface area contributed by atoms with Gasteiger partial charge in [-0.15, -0.1) is 0 Å². The van der Waals surface area contributed by atoms with Crippen LogP contribution in [0.5, 0.6) is 0 Å². The quantitative estimate of drug-likeness (QED) is 0.0652. The van der Waals surface area contributed by atoms with Gasteiger partial charge in [-0.05, 0) is 87.6 Å². The van der Waals surface area contributed by atoms with Gasteiger partial charge in [0.15, 0.2) is 13.1 Å². The molecule has 0 radical (unpaired) electrons. The molecule has 14 heteroatoms. The number of ether oxygens (including phenoxy) is 4. The van der Waals surface area contributed by atoms with Crippen LogP contribution in [0.2, 0.25) is 0 Å². The van der Waals surface area contributed by atoms with Crippen molar-refractivity contribution in [1.82, 2.24) is 0 Å². The summed E-state index contributed by atoms with van der Waals surface area (Å²) in [5, 5.41) is 0. The molecule has 0 N–H and O–H groups in total. The van der Waals surface area contributed by atoms with Gasteiger partial charge in [0.2, 0.25) is 5.71 Å². The van der Waals surface area contributed by atoms with Crippen LogP contribution < -0.4 is 61.2 Å². The minimum absolute atomic E-state index is 0. The third kappa shape index (κ3) is 13.1. The first-order valence-electron chi connectivity index (χ1n) is 23.4. The Bertz CT molecular complexity index is 2210. The van der Waals surface area contributed by atoms with E-state index in [1.54, 1.807) is 6.07 Å². The van der Waals surface area contributed by atoms with Gasteiger partial charge < -0.3 is 33.3 Å². The fourth-order valence-corrected chi connectivity index (χ4v) is 9.18. The number of allylic oxidation sites excluding steroid dienone is 8. The number of aryl methyl sites for hydroxylation is 1. The van der Waals surface area contributed by atoms with Gasteiger partial charge in [0.05, 0.1) is 45.2 Å². The average molecular weight is 920 g/mol. The predicted molar refractivity (Wildman–Crippen MR) is 247 cm³/mol. The van der Waals surface area contributed by atoms with E-state index in [1.807, 2.05) is 0 Å². The Hall–Kier alpha value is -2.92. The summed E-state index contributed by atoms with van der Waals surface area (Å²) in [5.41, 5.74) is 10.2. The van der Waals surface area contributed by atoms with Gasteiger partial charge in [-0.3, -0.25) is 9.59 Å². The third-order valence-corrected chi connectivity index (χ3v) is 12.7. The summed E-state index contributed by atoms with van der Waals surface area (Å²) in [6, 6.07) is 11.3. The van der Waals surface area contributed by atoms with Crippen LogP contribution in [0.3, 0.4) is 0 Å². The zero-order chi connectivity index (χ0) is 48.5. The summed E-state index contributed by atoms with van der Waals surface area (Å²) in [4.78, 5) is 28.0. The van der Waals surface area contributed by atoms with Gasteiger partial charge in [0, 0.05) is 61.9 Å². The van der Waals surface area contributed by atoms with Crippen LogP contribution in [0.25, 0.3) is 0 Å². The second kappa shape index (κ2) is 24.6. The van der Waals surface area contributed by atoms with Crippen molar-refractivity contribution in [2.45, 2.75) is 111 Å². The molecule has 1 aliphatic carbocycles. The molecule has 342 valence electrons. The summed E-state index contributed by atoms with van der Waals surface area (Å²) in [5.74, 6) is -0.664. The molecular weight excluding hydrogens is 846 g/mol. The Morgan fingerprint density at radius 1 is 0.794 bits per heavy atom. The predicted octanol–water partition coefficient (Wildman–Crippen LogP) is 5.53. The fourth-order valence-electron chi connectivity index (χ4n) is 8.69. The SMILES string of the molecule is CCN1C(=CC=C2CCC/C(=C\C=C3\N(CC)c4ccc(S(=O)(=O)[O-])cc4C3(C)C)C2=[N+](CCOCCC(=O)OC)CCOCCC(=O)OC)C(C)(C)c2cc(C)ccc21.[2H]C.[2H]C[2H].[K+]. The van der Waals surface area contributed by atoms with Crippen LogP contribution in [0.1, 0.15) is 109 Å². The molecule has 63 heavy (non-hydrogen) atoms. The van der Waals surface area contributed by atoms with Crippen molar-refractivity contribution in [3.05, 3.63) is 99.9 Å². The van der Waals surface area contributed by atoms with Crippen LogP contribution in [0, 0.1) is 6.92 Å². The van der Waals surface area contributed by atoms with Gasteiger partial charge >= 0.3 is 63.3 Å². The van der Waals surface area contributed by atoms with E-state index in [-0.39, 0.29) is 107 Å². The minimum atomic E-state index is -4.63. The van der Waals surface area contributed by atoms with Crippen LogP contribution in [0.15, 0.2) is 88.1 Å². The molecule has 2 heterocycles. The van der Waals surface area contributed by atoms with Crippen LogP contribution in [0.4, 0.5) is 11.4 Å². The average Bonchev–Trinajstić information content (AvgIpc) is 3.63. The molecule has 5 rings (SSSR count). The van der Waals surface area contributed by atoms with Crippen LogP contribution >= 0.6 is 0 Å². The van der Waals surface area contributed by atoms with Crippen LogP contribution in [-0.4, -0.2) is 102 Å². The molecule has 0 amide bonds. The molecular formula is C49H71KN3O9S+. The molecule has 0 atom stereocenters. The van der Waals surface area contributed by atoms with Gasteiger partial charge in [0.1, 0.15) is 23.3 Å². The van der Waals surface area contributed by atoms with Crippen molar-refractivity contribution in [3.8, 4) is 0 Å². The number of nitrogens with zero attached hydrogens (tertiary/aromatic N) is 3. The number of likely N-dealkylation sites (N-methyl/N-ethyl adjacent to an activating group) is 2. The normalized spacial score (nSPS) is 19.2. The topological polar surface area (TPSA) is 138 Å². The summed E-state index contributed by atoms with van der Waals surface area (Å²) >= 11 is 0. The first-order chi connectivity index (χ1) is 30.9. The summed E-state index contributed by atoms with van der Waals surface area (Å²) in [7, 11) is -0.908. The number of esters is 2. The van der Waals surface area contributed by atoms with Crippen molar-refractivity contribution >= 4 is 39.1 Å². The minimum Gasteiger partial charge on any atom is -0.744 e. The van der Waals surface area contributed by atoms with E-state index in [0.717, 1.165) is 54.0 Å². The Labute approximate surface area is 424 Å². The van der Waals surface area contributed by atoms with E-state index in [4.69, 9.17) is 23.1 Å². The molecule has 0 spiro atoms. The monoisotopic (exact) mass is 919 g/mol. The van der Waals surface area contributed by atoms with Crippen molar-refractivity contribution in [2.24, 2.45) is 0 Å². The fraction of sp³-hybridized carbons (Fsp3) is 0.531. The molecule has 12 nitrogen and oxygen atoms in total. The molecule has 1 fully saturated rings. The summed E-state index contributed by atoms with van der Waals surface area (Å²) in [6.45, 7) is 18.7. The number of fused-ring (bicyclic) bond motifs is 2. The Morgan fingerprint density at radius 3 is 1.67 bits per heavy atom. The van der Waals surface area contributed by atoms with Gasteiger partial charge in [-0.2, -0.15) is 0 Å². The second-order valence-electron chi connectivity index (χ2n) is 16.4. The largest absolute Gasteiger partial charge is 1.00 e. The molecule has 2 aromatic rings. The third-order valence-electron chi connectivity index (χ3n) is 11.9. The molecule has 0 bridgehead atoms. The van der Waals surface area contributed by atoms with Gasteiger partial charge in [-0.25, -0.2) is 13.0 Å². The zero-order valence-electron chi connectivity index (χ0n) is 42.6. The van der Waals surface area contributed by atoms with Crippen molar-refractivity contribution in [1.29, 1.82) is 0 Å². The number of anilines is 2. The number of carbonyl (C=O) groups is 2. The van der Waals surface area contributed by atoms with Gasteiger partial charge in [-0.1, -0.05) is 72.3 Å². The van der Waals surface area contributed by atoms with Crippen molar-refractivity contribution < 1.29 is 102 Å². The summed E-state index contributed by atoms with van der Waals surface area (Å²) < 4.78 is 77.5. The van der Waals surface area contributed by atoms with E-state index in [9.17, 15) is 22.6 Å². The van der Waals surface area contributed by atoms with E-state index in [2.05, 4.69) is 105 Å². The molecule has 2 aliphatic heterocycles. The number of hydrogen-bond donors (Lipinski definition) is 0. The second-order valence-corrected chi connectivity index (χ2v) is 17.8. The Kier molecular flexibility index (Phi) is 19.9. The molecule has 0 unspecified atom stereocenters. The standard InChI is InChI=1S/C47H63N3O9S.2CH4.K/c1-10-49-39-19-15-33(3)31-37(39)46(4,5)41(49)21-16-34-13-12-14-35(17-22-42-47(6,7)38-32-36(60(53,54)55)18-20-40(38)50(42)11-2)45(34)48(25-29-58-27-23-43(51)56-8)26-30-59-28-24-44(52)57-9;;;/h15-22,31-32H,10-14,23-30H2,1-9H3;2*1H4;/q;;;+1/i;1D2;1D;. The Morgan fingerprint density at radius 2 is 1.24 bits per heavy atom. The van der Waals surface area contributed by atoms with Crippen LogP contribution in [-0.2, 0) is 49.5 Å². The number of rotatable bonds is 17. The first-order valence-corrected chi connectivity index (χ1v) is 22.4. The molecule has 0 aromatic heterocycles. The first kappa shape index (κ1) is 51.1. The maximum Gasteiger partial charge on any atom is 1.00 e. The van der Waals surface area contributed by atoms with E-state index in [1.165, 1.54) is 61.8 Å². The van der Waals surface area contributed by atoms with Gasteiger partial charge in [0.25, 0.3) is 0 Å². The Balaban J connectivity index is 0.00000239. The number of methoxy groups -OCH3 is 2. The molecule has 3 aliphatic rings. The van der Waals surface area contributed by atoms with E-state index < -0.39 is 15.5 Å². The number of benzene rings is 2. The van der Waals surface area contributed by atoms with Crippen molar-refractivity contribution in [3.63, 3.8) is 0 Å². The number of hydrogen-bond acceptors (Lipinski definition) is 11. The van der Waals surface area contributed by atoms with E-state index >= 15 is 0 Å². The molecule has 0 saturated heterocycles. The van der Waals surface area contributed by atoms with Crippen molar-refractivity contribution in [2.75, 3.05) is 76.6 Å². The molecule has 2 aromatic carbocycles. The summed E-state index contributed by atoms with van der Waals surface area (Å²) in [6.07, 6.45) is 11.8. The molecule has 1 saturated carbocycles. The maximum atomic E-state index is 12.1. The smallest absolute Gasteiger partial charge is 0.744 e. The zero-order valence-corrected chi connectivity index (χ0v) is 43.5. The van der Waals surface area contributed by atoms with E-state index in [0.29, 0.717) is 32.8 Å².